The molecule has 0 aliphatic carbocycles. The molecule has 0 rings (SSSR count). The van der Waals surface area contributed by atoms with Gasteiger partial charge >= 0.3 is 0 Å². The maximum atomic E-state index is 4.97. The van der Waals surface area contributed by atoms with E-state index in [-0.39, 0.29) is 0 Å². The number of thioether (sulfide) groups is 1. The van der Waals surface area contributed by atoms with Crippen LogP contribution in [0.4, 0.5) is 0 Å². The second-order valence-electron chi connectivity index (χ2n) is 0.631. The summed E-state index contributed by atoms with van der Waals surface area (Å²) in [6.45, 7) is 7.45. The first-order valence-electron chi connectivity index (χ1n) is 2.55. The summed E-state index contributed by atoms with van der Waals surface area (Å²) >= 11 is 1.47. The standard InChI is InChI=1S/C4H7NS.C2H6/c1-2-6-4-3-5;1-2/h2-4H,1,5H2;1-2H3/b4-3-;. The third kappa shape index (κ3) is 17.4. The van der Waals surface area contributed by atoms with Crippen LogP contribution in [0, 0.1) is 0 Å². The van der Waals surface area contributed by atoms with Gasteiger partial charge < -0.3 is 5.73 Å². The van der Waals surface area contributed by atoms with Crippen molar-refractivity contribution in [3.8, 4) is 0 Å². The maximum Gasteiger partial charge on any atom is 0.000522 e. The lowest BCUT2D eigenvalue weighted by Crippen LogP contribution is -1.70. The molecule has 0 heterocycles. The third-order valence-electron chi connectivity index (χ3n) is 0.253. The number of nitrogens with two attached hydrogens (primary N) is 1. The molecule has 0 amide bonds. The van der Waals surface area contributed by atoms with Crippen molar-refractivity contribution >= 4 is 11.8 Å². The molecule has 0 aliphatic heterocycles. The van der Waals surface area contributed by atoms with Gasteiger partial charge in [0.2, 0.25) is 0 Å². The molecule has 1 nitrogen and oxygen atoms in total. The van der Waals surface area contributed by atoms with E-state index in [2.05, 4.69) is 6.58 Å². The minimum absolute atomic E-state index is 1.47. The molecule has 48 valence electrons. The van der Waals surface area contributed by atoms with Crippen LogP contribution in [0.1, 0.15) is 13.8 Å². The molecular weight excluding hydrogens is 118 g/mol. The van der Waals surface area contributed by atoms with Gasteiger partial charge in [-0.25, -0.2) is 0 Å². The largest absolute Gasteiger partial charge is 0.404 e. The summed E-state index contributed by atoms with van der Waals surface area (Å²) in [5, 5.41) is 3.47. The Balaban J connectivity index is 0. The van der Waals surface area contributed by atoms with Crippen LogP contribution in [0.15, 0.2) is 23.6 Å². The molecule has 0 radical (unpaired) electrons. The van der Waals surface area contributed by atoms with Gasteiger partial charge in [-0.15, -0.1) is 11.8 Å². The topological polar surface area (TPSA) is 26.0 Å². The summed E-state index contributed by atoms with van der Waals surface area (Å²) in [4.78, 5) is 0. The molecule has 0 saturated carbocycles. The van der Waals surface area contributed by atoms with Crippen LogP contribution in [-0.4, -0.2) is 0 Å². The second-order valence-corrected chi connectivity index (χ2v) is 1.51. The molecule has 2 N–H and O–H groups in total. The highest BCUT2D eigenvalue weighted by Gasteiger charge is 1.57. The van der Waals surface area contributed by atoms with Crippen molar-refractivity contribution < 1.29 is 0 Å². The van der Waals surface area contributed by atoms with Crippen molar-refractivity contribution in [3.63, 3.8) is 0 Å². The molecule has 0 aromatic carbocycles. The van der Waals surface area contributed by atoms with E-state index in [0.717, 1.165) is 0 Å². The summed E-state index contributed by atoms with van der Waals surface area (Å²) in [5.41, 5.74) is 4.97. The zero-order valence-corrected chi connectivity index (χ0v) is 6.24. The van der Waals surface area contributed by atoms with E-state index in [1.54, 1.807) is 10.8 Å². The van der Waals surface area contributed by atoms with Crippen molar-refractivity contribution in [1.82, 2.24) is 0 Å². The zero-order valence-electron chi connectivity index (χ0n) is 5.42. The van der Waals surface area contributed by atoms with Crippen molar-refractivity contribution in [1.29, 1.82) is 0 Å². The lowest BCUT2D eigenvalue weighted by molar-refractivity contribution is 1.50. The molecule has 0 atom stereocenters. The van der Waals surface area contributed by atoms with Gasteiger partial charge in [0.25, 0.3) is 0 Å². The van der Waals surface area contributed by atoms with E-state index >= 15 is 0 Å². The van der Waals surface area contributed by atoms with Crippen LogP contribution >= 0.6 is 11.8 Å². The Bertz CT molecular complexity index is 59.5. The van der Waals surface area contributed by atoms with E-state index in [1.165, 1.54) is 18.0 Å². The minimum Gasteiger partial charge on any atom is -0.404 e. The Morgan fingerprint density at radius 2 is 2.00 bits per heavy atom. The van der Waals surface area contributed by atoms with Crippen molar-refractivity contribution in [3.05, 3.63) is 23.6 Å². The van der Waals surface area contributed by atoms with Gasteiger partial charge in [0.05, 0.1) is 0 Å². The number of hydrogen-bond acceptors (Lipinski definition) is 2. The molecule has 0 unspecified atom stereocenters. The number of rotatable bonds is 2. The SMILES string of the molecule is C=CS/C=C\N.CC. The Hall–Kier alpha value is -0.370. The van der Waals surface area contributed by atoms with Gasteiger partial charge in [-0.05, 0) is 10.8 Å². The Kier molecular flexibility index (Phi) is 21.1. The molecule has 0 saturated heterocycles. The van der Waals surface area contributed by atoms with Crippen LogP contribution in [0.3, 0.4) is 0 Å². The van der Waals surface area contributed by atoms with E-state index in [0.29, 0.717) is 0 Å². The van der Waals surface area contributed by atoms with Gasteiger partial charge in [-0.1, -0.05) is 20.4 Å². The monoisotopic (exact) mass is 131 g/mol. The van der Waals surface area contributed by atoms with E-state index in [4.69, 9.17) is 5.73 Å². The molecule has 0 bridgehead atoms. The molecule has 8 heavy (non-hydrogen) atoms. The molecule has 0 aromatic heterocycles. The Labute approximate surface area is 55.7 Å². The van der Waals surface area contributed by atoms with E-state index < -0.39 is 0 Å². The summed E-state index contributed by atoms with van der Waals surface area (Å²) in [6, 6.07) is 0. The quantitative estimate of drug-likeness (QED) is 0.622. The fourth-order valence-corrected chi connectivity index (χ4v) is 0.303. The first-order valence-corrected chi connectivity index (χ1v) is 3.49. The van der Waals surface area contributed by atoms with Crippen molar-refractivity contribution in [2.45, 2.75) is 13.8 Å². The first-order chi connectivity index (χ1) is 3.91. The summed E-state index contributed by atoms with van der Waals surface area (Å²) in [6.07, 6.45) is 1.48. The number of hydrogen-bond donors (Lipinski definition) is 1. The lowest BCUT2D eigenvalue weighted by atomic mass is 11.0. The zero-order chi connectivity index (χ0) is 6.83. The minimum atomic E-state index is 1.47. The van der Waals surface area contributed by atoms with Gasteiger partial charge in [0.15, 0.2) is 0 Å². The van der Waals surface area contributed by atoms with Gasteiger partial charge in [-0.3, -0.25) is 0 Å². The van der Waals surface area contributed by atoms with Crippen molar-refractivity contribution in [2.24, 2.45) is 5.73 Å². The van der Waals surface area contributed by atoms with Crippen LogP contribution in [0.2, 0.25) is 0 Å². The third-order valence-corrected chi connectivity index (χ3v) is 0.760. The highest BCUT2D eigenvalue weighted by molar-refractivity contribution is 8.04. The normalized spacial score (nSPS) is 7.75. The van der Waals surface area contributed by atoms with Crippen LogP contribution in [0.25, 0.3) is 0 Å². The predicted molar refractivity (Wildman–Crippen MR) is 42.5 cm³/mol. The summed E-state index contributed by atoms with van der Waals surface area (Å²) in [7, 11) is 0. The highest BCUT2D eigenvalue weighted by atomic mass is 32.2. The Morgan fingerprint density at radius 3 is 2.12 bits per heavy atom. The lowest BCUT2D eigenvalue weighted by Gasteiger charge is -1.70. The molecular formula is C6H13NS. The smallest absolute Gasteiger partial charge is 0.000522 e. The molecule has 0 aliphatic rings. The summed E-state index contributed by atoms with van der Waals surface area (Å²) < 4.78 is 0. The van der Waals surface area contributed by atoms with E-state index in [1.807, 2.05) is 13.8 Å². The fraction of sp³-hybridized carbons (Fsp3) is 0.333. The molecule has 0 fully saturated rings. The molecule has 2 heteroatoms. The van der Waals surface area contributed by atoms with E-state index in [9.17, 15) is 0 Å². The average Bonchev–Trinajstić information content (AvgIpc) is 1.88. The average molecular weight is 131 g/mol. The highest BCUT2D eigenvalue weighted by Crippen LogP contribution is 1.97. The fourth-order valence-electron chi connectivity index (χ4n) is 0.101. The summed E-state index contributed by atoms with van der Waals surface area (Å²) in [5.74, 6) is 0. The predicted octanol–water partition coefficient (Wildman–Crippen LogP) is 2.32. The van der Waals surface area contributed by atoms with Crippen molar-refractivity contribution in [2.75, 3.05) is 0 Å². The van der Waals surface area contributed by atoms with Gasteiger partial charge in [0.1, 0.15) is 0 Å². The van der Waals surface area contributed by atoms with Gasteiger partial charge in [-0.2, -0.15) is 0 Å². The first kappa shape index (κ1) is 10.6. The maximum absolute atomic E-state index is 4.97. The van der Waals surface area contributed by atoms with Crippen LogP contribution in [0.5, 0.6) is 0 Å². The van der Waals surface area contributed by atoms with Crippen LogP contribution < -0.4 is 5.73 Å². The second kappa shape index (κ2) is 15.9. The van der Waals surface area contributed by atoms with Gasteiger partial charge in [0, 0.05) is 6.20 Å². The molecule has 0 spiro atoms. The molecule has 0 aromatic rings. The Morgan fingerprint density at radius 1 is 1.50 bits per heavy atom. The van der Waals surface area contributed by atoms with Crippen LogP contribution in [-0.2, 0) is 0 Å².